The van der Waals surface area contributed by atoms with Crippen molar-refractivity contribution in [2.75, 3.05) is 18.4 Å². The Labute approximate surface area is 114 Å². The van der Waals surface area contributed by atoms with Crippen LogP contribution in [0.5, 0.6) is 0 Å². The van der Waals surface area contributed by atoms with E-state index in [-0.39, 0.29) is 18.5 Å². The van der Waals surface area contributed by atoms with Crippen molar-refractivity contribution in [3.05, 3.63) is 17.6 Å². The molecule has 1 heterocycles. The number of nitrogens with zero attached hydrogens (tertiary/aromatic N) is 3. The summed E-state index contributed by atoms with van der Waals surface area (Å²) in [5.74, 6) is 1.17. The van der Waals surface area contributed by atoms with Gasteiger partial charge in [0.2, 0.25) is 5.91 Å². The maximum atomic E-state index is 11.1. The summed E-state index contributed by atoms with van der Waals surface area (Å²) in [6.07, 6.45) is 0. The molecule has 6 heteroatoms. The molecule has 1 aromatic heterocycles. The van der Waals surface area contributed by atoms with Gasteiger partial charge in [0.05, 0.1) is 13.1 Å². The van der Waals surface area contributed by atoms with Gasteiger partial charge in [-0.3, -0.25) is 9.69 Å². The quantitative estimate of drug-likeness (QED) is 0.765. The van der Waals surface area contributed by atoms with E-state index in [9.17, 15) is 4.79 Å². The number of carbonyl (C=O) groups is 1. The van der Waals surface area contributed by atoms with Crippen LogP contribution in [0.2, 0.25) is 0 Å². The maximum absolute atomic E-state index is 11.1. The van der Waals surface area contributed by atoms with Crippen molar-refractivity contribution in [2.24, 2.45) is 5.73 Å². The lowest BCUT2D eigenvalue weighted by Gasteiger charge is -2.24. The van der Waals surface area contributed by atoms with Gasteiger partial charge in [-0.2, -0.15) is 0 Å². The minimum atomic E-state index is -0.340. The molecule has 0 saturated heterocycles. The van der Waals surface area contributed by atoms with E-state index >= 15 is 0 Å². The summed E-state index contributed by atoms with van der Waals surface area (Å²) < 4.78 is 0. The molecule has 0 aliphatic heterocycles. The lowest BCUT2D eigenvalue weighted by atomic mass is 10.3. The van der Waals surface area contributed by atoms with Crippen molar-refractivity contribution in [3.8, 4) is 0 Å². The summed E-state index contributed by atoms with van der Waals surface area (Å²) in [5.41, 5.74) is 6.16. The van der Waals surface area contributed by atoms with E-state index in [2.05, 4.69) is 15.3 Å². The maximum Gasteiger partial charge on any atom is 0.231 e. The first kappa shape index (κ1) is 15.4. The Kier molecular flexibility index (Phi) is 5.69. The SMILES string of the molecule is CCNc1cc(C)nc(CN(CC(N)=O)C(C)C)n1. The van der Waals surface area contributed by atoms with Crippen LogP contribution in [0.3, 0.4) is 0 Å². The minimum absolute atomic E-state index is 0.208. The summed E-state index contributed by atoms with van der Waals surface area (Å²) in [4.78, 5) is 21.9. The van der Waals surface area contributed by atoms with Crippen LogP contribution in [0.25, 0.3) is 0 Å². The fraction of sp³-hybridized carbons (Fsp3) is 0.615. The second-order valence-electron chi connectivity index (χ2n) is 4.81. The number of carbonyl (C=O) groups excluding carboxylic acids is 1. The van der Waals surface area contributed by atoms with Crippen molar-refractivity contribution in [1.82, 2.24) is 14.9 Å². The van der Waals surface area contributed by atoms with Gasteiger partial charge in [0.15, 0.2) is 0 Å². The molecule has 106 valence electrons. The van der Waals surface area contributed by atoms with Crippen LogP contribution in [-0.4, -0.2) is 39.9 Å². The van der Waals surface area contributed by atoms with Gasteiger partial charge in [-0.25, -0.2) is 9.97 Å². The summed E-state index contributed by atoms with van der Waals surface area (Å²) >= 11 is 0. The lowest BCUT2D eigenvalue weighted by molar-refractivity contribution is -0.119. The van der Waals surface area contributed by atoms with Crippen molar-refractivity contribution in [3.63, 3.8) is 0 Å². The summed E-state index contributed by atoms with van der Waals surface area (Å²) in [7, 11) is 0. The van der Waals surface area contributed by atoms with E-state index in [1.165, 1.54) is 0 Å². The van der Waals surface area contributed by atoms with E-state index < -0.39 is 0 Å². The molecule has 0 spiro atoms. The monoisotopic (exact) mass is 265 g/mol. The third kappa shape index (κ3) is 5.21. The number of primary amides is 1. The smallest absolute Gasteiger partial charge is 0.231 e. The normalized spacial score (nSPS) is 11.1. The Morgan fingerprint density at radius 2 is 2.16 bits per heavy atom. The number of aryl methyl sites for hydroxylation is 1. The number of amides is 1. The molecule has 0 radical (unpaired) electrons. The van der Waals surface area contributed by atoms with Gasteiger partial charge in [0.25, 0.3) is 0 Å². The molecule has 0 aliphatic rings. The molecule has 0 saturated carbocycles. The molecule has 1 rings (SSSR count). The molecule has 19 heavy (non-hydrogen) atoms. The number of nitrogens with two attached hydrogens (primary N) is 1. The Hall–Kier alpha value is -1.69. The number of hydrogen-bond donors (Lipinski definition) is 2. The van der Waals surface area contributed by atoms with Gasteiger partial charge in [0.1, 0.15) is 11.6 Å². The number of nitrogens with one attached hydrogen (secondary N) is 1. The number of anilines is 1. The predicted octanol–water partition coefficient (Wildman–Crippen LogP) is 0.913. The second-order valence-corrected chi connectivity index (χ2v) is 4.81. The van der Waals surface area contributed by atoms with Crippen LogP contribution < -0.4 is 11.1 Å². The van der Waals surface area contributed by atoms with Gasteiger partial charge >= 0.3 is 0 Å². The zero-order valence-electron chi connectivity index (χ0n) is 12.1. The fourth-order valence-corrected chi connectivity index (χ4v) is 1.78. The van der Waals surface area contributed by atoms with Crippen LogP contribution in [0.4, 0.5) is 5.82 Å². The van der Waals surface area contributed by atoms with Gasteiger partial charge in [-0.15, -0.1) is 0 Å². The van der Waals surface area contributed by atoms with Crippen LogP contribution in [0.1, 0.15) is 32.3 Å². The topological polar surface area (TPSA) is 84.1 Å². The standard InChI is InChI=1S/C13H23N5O/c1-5-15-12-6-10(4)16-13(17-12)8-18(9(2)3)7-11(14)19/h6,9H,5,7-8H2,1-4H3,(H2,14,19)(H,15,16,17). The largest absolute Gasteiger partial charge is 0.370 e. The Balaban J connectivity index is 2.86. The highest BCUT2D eigenvalue weighted by Crippen LogP contribution is 2.09. The fourth-order valence-electron chi connectivity index (χ4n) is 1.78. The Bertz CT molecular complexity index is 433. The van der Waals surface area contributed by atoms with Crippen molar-refractivity contribution in [2.45, 2.75) is 40.3 Å². The average Bonchev–Trinajstić information content (AvgIpc) is 2.27. The molecular formula is C13H23N5O. The van der Waals surface area contributed by atoms with Crippen LogP contribution in [0, 0.1) is 6.92 Å². The first-order valence-corrected chi connectivity index (χ1v) is 6.53. The first-order valence-electron chi connectivity index (χ1n) is 6.53. The zero-order valence-corrected chi connectivity index (χ0v) is 12.1. The van der Waals surface area contributed by atoms with Crippen LogP contribution in [-0.2, 0) is 11.3 Å². The molecule has 1 aromatic rings. The van der Waals surface area contributed by atoms with Crippen LogP contribution in [0.15, 0.2) is 6.07 Å². The van der Waals surface area contributed by atoms with Gasteiger partial charge in [-0.1, -0.05) is 0 Å². The predicted molar refractivity (Wildman–Crippen MR) is 75.7 cm³/mol. The molecule has 0 unspecified atom stereocenters. The Morgan fingerprint density at radius 3 is 2.68 bits per heavy atom. The van der Waals surface area contributed by atoms with Crippen molar-refractivity contribution < 1.29 is 4.79 Å². The highest BCUT2D eigenvalue weighted by Gasteiger charge is 2.14. The third-order valence-electron chi connectivity index (χ3n) is 2.69. The average molecular weight is 265 g/mol. The van der Waals surface area contributed by atoms with E-state index in [1.807, 2.05) is 38.7 Å². The molecule has 0 atom stereocenters. The van der Waals surface area contributed by atoms with E-state index in [4.69, 9.17) is 5.73 Å². The molecule has 0 aliphatic carbocycles. The van der Waals surface area contributed by atoms with Gasteiger partial charge in [-0.05, 0) is 27.7 Å². The van der Waals surface area contributed by atoms with E-state index in [0.29, 0.717) is 12.4 Å². The number of aromatic nitrogens is 2. The number of hydrogen-bond acceptors (Lipinski definition) is 5. The number of rotatable bonds is 7. The van der Waals surface area contributed by atoms with Gasteiger partial charge in [0, 0.05) is 24.3 Å². The molecule has 0 bridgehead atoms. The molecule has 3 N–H and O–H groups in total. The highest BCUT2D eigenvalue weighted by atomic mass is 16.1. The zero-order chi connectivity index (χ0) is 14.4. The Morgan fingerprint density at radius 1 is 1.47 bits per heavy atom. The molecule has 6 nitrogen and oxygen atoms in total. The second kappa shape index (κ2) is 7.04. The highest BCUT2D eigenvalue weighted by molar-refractivity contribution is 5.75. The molecular weight excluding hydrogens is 242 g/mol. The summed E-state index contributed by atoms with van der Waals surface area (Å²) in [6.45, 7) is 9.52. The van der Waals surface area contributed by atoms with E-state index in [0.717, 1.165) is 18.1 Å². The summed E-state index contributed by atoms with van der Waals surface area (Å²) in [6, 6.07) is 2.11. The minimum Gasteiger partial charge on any atom is -0.370 e. The van der Waals surface area contributed by atoms with Crippen LogP contribution >= 0.6 is 0 Å². The van der Waals surface area contributed by atoms with E-state index in [1.54, 1.807) is 0 Å². The lowest BCUT2D eigenvalue weighted by Crippen LogP contribution is -2.38. The molecule has 0 fully saturated rings. The van der Waals surface area contributed by atoms with Gasteiger partial charge < -0.3 is 11.1 Å². The van der Waals surface area contributed by atoms with Crippen molar-refractivity contribution in [1.29, 1.82) is 0 Å². The molecule has 0 aromatic carbocycles. The summed E-state index contributed by atoms with van der Waals surface area (Å²) in [5, 5.41) is 3.17. The third-order valence-corrected chi connectivity index (χ3v) is 2.69. The van der Waals surface area contributed by atoms with Crippen molar-refractivity contribution >= 4 is 11.7 Å². The first-order chi connectivity index (χ1) is 8.92. The molecule has 1 amide bonds.